The molecule has 1 N–H and O–H groups in total. The highest BCUT2D eigenvalue weighted by atomic mass is 35.5. The van der Waals surface area contributed by atoms with E-state index in [1.807, 2.05) is 20.8 Å². The zero-order chi connectivity index (χ0) is 16.5. The maximum absolute atomic E-state index is 13.4. The molecule has 2 rings (SSSR count). The minimum Gasteiger partial charge on any atom is -0.444 e. The third-order valence-corrected chi connectivity index (χ3v) is 3.74. The van der Waals surface area contributed by atoms with E-state index < -0.39 is 11.4 Å². The molecule has 1 atom stereocenters. The van der Waals surface area contributed by atoms with Crippen LogP contribution in [0.1, 0.15) is 27.2 Å². The largest absolute Gasteiger partial charge is 0.444 e. The Kier molecular flexibility index (Phi) is 5.07. The van der Waals surface area contributed by atoms with Crippen LogP contribution in [0.4, 0.5) is 14.9 Å². The summed E-state index contributed by atoms with van der Waals surface area (Å²) in [7, 11) is 0. The first-order valence-corrected chi connectivity index (χ1v) is 7.80. The molecule has 22 heavy (non-hydrogen) atoms. The van der Waals surface area contributed by atoms with Crippen molar-refractivity contribution in [1.82, 2.24) is 4.90 Å². The average Bonchev–Trinajstić information content (AvgIpc) is 2.82. The maximum Gasteiger partial charge on any atom is 0.410 e. The third-order valence-electron chi connectivity index (χ3n) is 3.19. The summed E-state index contributed by atoms with van der Waals surface area (Å²) < 4.78 is 18.7. The van der Waals surface area contributed by atoms with Crippen molar-refractivity contribution in [2.45, 2.75) is 38.8 Å². The summed E-state index contributed by atoms with van der Waals surface area (Å²) in [5, 5.41) is 3.15. The number of carbonyl (C=O) groups excluding carboxylic acids is 1. The first kappa shape index (κ1) is 17.2. The zero-order valence-corrected chi connectivity index (χ0v) is 14.3. The predicted molar refractivity (Wildman–Crippen MR) is 86.3 cm³/mol. The molecule has 4 nitrogen and oxygen atoms in total. The Labute approximate surface area is 139 Å². The van der Waals surface area contributed by atoms with Crippen molar-refractivity contribution in [2.75, 3.05) is 18.4 Å². The maximum atomic E-state index is 13.4. The van der Waals surface area contributed by atoms with Gasteiger partial charge in [0.1, 0.15) is 5.60 Å². The molecule has 1 fully saturated rings. The summed E-state index contributed by atoms with van der Waals surface area (Å²) in [5.41, 5.74) is 0.119. The fourth-order valence-corrected chi connectivity index (χ4v) is 2.73. The molecule has 1 aromatic carbocycles. The monoisotopic (exact) mass is 348 g/mol. The molecular formula is C15H19Cl2FN2O2. The molecular weight excluding hydrogens is 330 g/mol. The Balaban J connectivity index is 1.95. The highest BCUT2D eigenvalue weighted by Gasteiger charge is 2.29. The number of carbonyl (C=O) groups is 1. The highest BCUT2D eigenvalue weighted by molar-refractivity contribution is 6.35. The Morgan fingerprint density at radius 2 is 1.95 bits per heavy atom. The van der Waals surface area contributed by atoms with Crippen molar-refractivity contribution in [3.63, 3.8) is 0 Å². The number of nitrogens with one attached hydrogen (secondary N) is 1. The van der Waals surface area contributed by atoms with Crippen molar-refractivity contribution in [2.24, 2.45) is 0 Å². The standard InChI is InChI=1S/C15H19Cl2FN2O2/c1-15(2,3)22-14(21)20-5-4-9(8-20)19-10-6-11(16)13(18)12(17)7-10/h6-7,9,19H,4-5,8H2,1-3H3. The van der Waals surface area contributed by atoms with Crippen LogP contribution in [-0.4, -0.2) is 35.7 Å². The van der Waals surface area contributed by atoms with Gasteiger partial charge in [-0.1, -0.05) is 23.2 Å². The molecule has 1 heterocycles. The molecule has 122 valence electrons. The second-order valence-corrected chi connectivity index (χ2v) is 7.12. The summed E-state index contributed by atoms with van der Waals surface area (Å²) in [6, 6.07) is 3.02. The number of hydrogen-bond donors (Lipinski definition) is 1. The van der Waals surface area contributed by atoms with Gasteiger partial charge in [0.15, 0.2) is 5.82 Å². The van der Waals surface area contributed by atoms with E-state index in [1.165, 1.54) is 12.1 Å². The van der Waals surface area contributed by atoms with Gasteiger partial charge < -0.3 is 15.0 Å². The quantitative estimate of drug-likeness (QED) is 0.797. The molecule has 1 amide bonds. The number of anilines is 1. The molecule has 1 aliphatic heterocycles. The average molecular weight is 349 g/mol. The molecule has 1 aliphatic rings. The molecule has 7 heteroatoms. The van der Waals surface area contributed by atoms with Gasteiger partial charge in [0.05, 0.1) is 10.0 Å². The molecule has 0 aromatic heterocycles. The molecule has 1 aromatic rings. The summed E-state index contributed by atoms with van der Waals surface area (Å²) in [4.78, 5) is 13.6. The van der Waals surface area contributed by atoms with Gasteiger partial charge in [-0.2, -0.15) is 0 Å². The van der Waals surface area contributed by atoms with Crippen molar-refractivity contribution in [3.05, 3.63) is 28.0 Å². The fourth-order valence-electron chi connectivity index (χ4n) is 2.24. The molecule has 0 bridgehead atoms. The lowest BCUT2D eigenvalue weighted by Gasteiger charge is -2.24. The number of benzene rings is 1. The van der Waals surface area contributed by atoms with E-state index in [4.69, 9.17) is 27.9 Å². The van der Waals surface area contributed by atoms with Gasteiger partial charge >= 0.3 is 6.09 Å². The Morgan fingerprint density at radius 1 is 1.36 bits per heavy atom. The Morgan fingerprint density at radius 3 is 2.50 bits per heavy atom. The number of nitrogens with zero attached hydrogens (tertiary/aromatic N) is 1. The van der Waals surface area contributed by atoms with E-state index in [-0.39, 0.29) is 22.2 Å². The van der Waals surface area contributed by atoms with Gasteiger partial charge in [0.2, 0.25) is 0 Å². The molecule has 1 saturated heterocycles. The van der Waals surface area contributed by atoms with Crippen molar-refractivity contribution >= 4 is 35.0 Å². The molecule has 1 unspecified atom stereocenters. The predicted octanol–water partition coefficient (Wildman–Crippen LogP) is 4.55. The van der Waals surface area contributed by atoms with Crippen LogP contribution in [0.25, 0.3) is 0 Å². The third kappa shape index (κ3) is 4.40. The summed E-state index contributed by atoms with van der Waals surface area (Å²) >= 11 is 11.5. The first-order valence-electron chi connectivity index (χ1n) is 7.05. The molecule has 0 spiro atoms. The number of likely N-dealkylation sites (tertiary alicyclic amines) is 1. The lowest BCUT2D eigenvalue weighted by Crippen LogP contribution is -2.36. The van der Waals surface area contributed by atoms with E-state index in [0.717, 1.165) is 6.42 Å². The molecule has 0 radical (unpaired) electrons. The number of hydrogen-bond acceptors (Lipinski definition) is 3. The Hall–Kier alpha value is -1.20. The van der Waals surface area contributed by atoms with Crippen LogP contribution in [0.15, 0.2) is 12.1 Å². The lowest BCUT2D eigenvalue weighted by atomic mass is 10.2. The highest BCUT2D eigenvalue weighted by Crippen LogP contribution is 2.28. The number of rotatable bonds is 2. The lowest BCUT2D eigenvalue weighted by molar-refractivity contribution is 0.0293. The summed E-state index contributed by atoms with van der Waals surface area (Å²) in [6.07, 6.45) is 0.443. The van der Waals surface area contributed by atoms with E-state index in [0.29, 0.717) is 18.8 Å². The minimum absolute atomic E-state index is 0.0306. The topological polar surface area (TPSA) is 41.6 Å². The van der Waals surface area contributed by atoms with Crippen molar-refractivity contribution in [3.8, 4) is 0 Å². The van der Waals surface area contributed by atoms with Crippen LogP contribution < -0.4 is 5.32 Å². The van der Waals surface area contributed by atoms with Gasteiger partial charge in [-0.05, 0) is 39.3 Å². The van der Waals surface area contributed by atoms with E-state index >= 15 is 0 Å². The van der Waals surface area contributed by atoms with Crippen molar-refractivity contribution in [1.29, 1.82) is 0 Å². The first-order chi connectivity index (χ1) is 10.2. The van der Waals surface area contributed by atoms with Crippen LogP contribution in [-0.2, 0) is 4.74 Å². The summed E-state index contributed by atoms with van der Waals surface area (Å²) in [6.45, 7) is 6.62. The molecule has 0 aliphatic carbocycles. The van der Waals surface area contributed by atoms with Gasteiger partial charge in [0, 0.05) is 24.8 Å². The van der Waals surface area contributed by atoms with Gasteiger partial charge in [-0.3, -0.25) is 0 Å². The number of ether oxygens (including phenoxy) is 1. The minimum atomic E-state index is -0.629. The molecule has 0 saturated carbocycles. The van der Waals surface area contributed by atoms with Crippen LogP contribution in [0, 0.1) is 5.82 Å². The number of amides is 1. The SMILES string of the molecule is CC(C)(C)OC(=O)N1CCC(Nc2cc(Cl)c(F)c(Cl)c2)C1. The van der Waals surface area contributed by atoms with Crippen LogP contribution in [0.2, 0.25) is 10.0 Å². The van der Waals surface area contributed by atoms with Gasteiger partial charge in [-0.25, -0.2) is 9.18 Å². The normalized spacial score (nSPS) is 18.5. The second kappa shape index (κ2) is 6.50. The fraction of sp³-hybridized carbons (Fsp3) is 0.533. The van der Waals surface area contributed by atoms with Gasteiger partial charge in [0.25, 0.3) is 0 Å². The van der Waals surface area contributed by atoms with Crippen LogP contribution >= 0.6 is 23.2 Å². The second-order valence-electron chi connectivity index (χ2n) is 6.31. The van der Waals surface area contributed by atoms with E-state index in [9.17, 15) is 9.18 Å². The zero-order valence-electron chi connectivity index (χ0n) is 12.8. The van der Waals surface area contributed by atoms with Gasteiger partial charge in [-0.15, -0.1) is 0 Å². The van der Waals surface area contributed by atoms with Crippen molar-refractivity contribution < 1.29 is 13.9 Å². The summed E-state index contributed by atoms with van der Waals surface area (Å²) in [5.74, 6) is -0.629. The van der Waals surface area contributed by atoms with E-state index in [2.05, 4.69) is 5.32 Å². The van der Waals surface area contributed by atoms with E-state index in [1.54, 1.807) is 4.90 Å². The smallest absolute Gasteiger partial charge is 0.410 e. The van der Waals surface area contributed by atoms with Crippen LogP contribution in [0.3, 0.4) is 0 Å². The number of halogens is 3. The van der Waals surface area contributed by atoms with Crippen LogP contribution in [0.5, 0.6) is 0 Å². The Bertz CT molecular complexity index is 552.